The van der Waals surface area contributed by atoms with Crippen LogP contribution in [0.15, 0.2) is 16.1 Å². The van der Waals surface area contributed by atoms with E-state index in [1.54, 1.807) is 0 Å². The summed E-state index contributed by atoms with van der Waals surface area (Å²) in [4.78, 5) is 4.10. The molecular weight excluding hydrogens is 150 g/mol. The van der Waals surface area contributed by atoms with Crippen molar-refractivity contribution in [3.8, 4) is 0 Å². The Labute approximate surface area is 65.4 Å². The molecule has 0 aromatic heterocycles. The fourth-order valence-corrected chi connectivity index (χ4v) is 1.02. The third-order valence-electron chi connectivity index (χ3n) is 0.742. The van der Waals surface area contributed by atoms with Gasteiger partial charge in [0.25, 0.3) is 0 Å². The molecule has 0 atom stereocenters. The number of aliphatic imine (C=N–C) groups is 1. The second kappa shape index (κ2) is 6.23. The molecule has 0 rings (SSSR count). The molecule has 1 nitrogen and oxygen atoms in total. The number of allylic oxidation sites excluding steroid dienone is 1. The molecule has 0 bridgehead atoms. The predicted molar refractivity (Wildman–Crippen MR) is 49.1 cm³/mol. The Morgan fingerprint density at radius 3 is 2.78 bits per heavy atom. The molecule has 0 aliphatic carbocycles. The first kappa shape index (κ1) is 9.11. The lowest BCUT2D eigenvalue weighted by Crippen LogP contribution is -1.69. The highest BCUT2D eigenvalue weighted by molar-refractivity contribution is 8.70. The molecule has 52 valence electrons. The molecule has 0 aromatic carbocycles. The Hall–Kier alpha value is 0.110. The molecule has 0 N–H and O–H groups in total. The van der Waals surface area contributed by atoms with Gasteiger partial charge in [0.05, 0.1) is 0 Å². The van der Waals surface area contributed by atoms with Crippen LogP contribution < -0.4 is 0 Å². The van der Waals surface area contributed by atoms with E-state index in [0.29, 0.717) is 0 Å². The van der Waals surface area contributed by atoms with Gasteiger partial charge in [-0.3, -0.25) is 4.99 Å². The minimum absolute atomic E-state index is 0.959. The van der Waals surface area contributed by atoms with Gasteiger partial charge in [-0.15, -0.1) is 11.7 Å². The van der Waals surface area contributed by atoms with Gasteiger partial charge in [-0.05, 0) is 24.1 Å². The number of thiol groups is 1. The second-order valence-corrected chi connectivity index (χ2v) is 2.59. The summed E-state index contributed by atoms with van der Waals surface area (Å²) in [5, 5.41) is 0.959. The average Bonchev–Trinajstić information content (AvgIpc) is 1.91. The summed E-state index contributed by atoms with van der Waals surface area (Å²) in [5.74, 6) is 0. The molecule has 0 heterocycles. The Morgan fingerprint density at radius 1 is 1.78 bits per heavy atom. The molecule has 0 amide bonds. The SMILES string of the molecule is C/C=C(\N=C/CC)SS. The third kappa shape index (κ3) is 4.60. The first-order valence-corrected chi connectivity index (χ1v) is 4.72. The maximum Gasteiger partial charge on any atom is 0.102 e. The fraction of sp³-hybridized carbons (Fsp3) is 0.500. The molecule has 9 heavy (non-hydrogen) atoms. The number of rotatable bonds is 3. The summed E-state index contributed by atoms with van der Waals surface area (Å²) in [7, 11) is 1.37. The fourth-order valence-electron chi connectivity index (χ4n) is 0.332. The Bertz CT molecular complexity index is 118. The first-order chi connectivity index (χ1) is 4.35. The van der Waals surface area contributed by atoms with Crippen molar-refractivity contribution in [1.82, 2.24) is 0 Å². The monoisotopic (exact) mass is 161 g/mol. The largest absolute Gasteiger partial charge is 0.254 e. The van der Waals surface area contributed by atoms with E-state index >= 15 is 0 Å². The van der Waals surface area contributed by atoms with Crippen LogP contribution in [0.1, 0.15) is 20.3 Å². The van der Waals surface area contributed by atoms with E-state index in [4.69, 9.17) is 0 Å². The van der Waals surface area contributed by atoms with Crippen molar-refractivity contribution in [2.45, 2.75) is 20.3 Å². The first-order valence-electron chi connectivity index (χ1n) is 2.85. The van der Waals surface area contributed by atoms with Crippen LogP contribution in [0, 0.1) is 0 Å². The zero-order valence-corrected chi connectivity index (χ0v) is 7.38. The average molecular weight is 161 g/mol. The van der Waals surface area contributed by atoms with E-state index in [9.17, 15) is 0 Å². The highest BCUT2D eigenvalue weighted by Crippen LogP contribution is 2.19. The molecule has 0 saturated carbocycles. The van der Waals surface area contributed by atoms with E-state index < -0.39 is 0 Å². The molecule has 0 radical (unpaired) electrons. The van der Waals surface area contributed by atoms with Crippen LogP contribution in [-0.4, -0.2) is 6.21 Å². The highest BCUT2D eigenvalue weighted by atomic mass is 33.1. The van der Waals surface area contributed by atoms with Crippen LogP contribution in [0.3, 0.4) is 0 Å². The lowest BCUT2D eigenvalue weighted by atomic mass is 10.5. The summed E-state index contributed by atoms with van der Waals surface area (Å²) >= 11 is 4.00. The summed E-state index contributed by atoms with van der Waals surface area (Å²) in [6.45, 7) is 4.01. The van der Waals surface area contributed by atoms with Gasteiger partial charge in [0.2, 0.25) is 0 Å². The maximum atomic E-state index is 4.10. The van der Waals surface area contributed by atoms with E-state index in [0.717, 1.165) is 11.4 Å². The van der Waals surface area contributed by atoms with Crippen molar-refractivity contribution < 1.29 is 0 Å². The summed E-state index contributed by atoms with van der Waals surface area (Å²) in [6, 6.07) is 0. The highest BCUT2D eigenvalue weighted by Gasteiger charge is 1.83. The Balaban J connectivity index is 3.70. The smallest absolute Gasteiger partial charge is 0.102 e. The van der Waals surface area contributed by atoms with E-state index in [1.165, 1.54) is 10.8 Å². The van der Waals surface area contributed by atoms with Gasteiger partial charge in [-0.1, -0.05) is 13.0 Å². The van der Waals surface area contributed by atoms with Gasteiger partial charge in [0.1, 0.15) is 5.03 Å². The van der Waals surface area contributed by atoms with Crippen molar-refractivity contribution in [3.63, 3.8) is 0 Å². The van der Waals surface area contributed by atoms with Crippen molar-refractivity contribution >= 4 is 28.7 Å². The molecule has 0 aromatic rings. The molecule has 3 heteroatoms. The molecule has 0 aliphatic rings. The van der Waals surface area contributed by atoms with Crippen molar-refractivity contribution in [1.29, 1.82) is 0 Å². The van der Waals surface area contributed by atoms with Gasteiger partial charge in [-0.2, -0.15) is 0 Å². The third-order valence-corrected chi connectivity index (χ3v) is 1.83. The van der Waals surface area contributed by atoms with Crippen LogP contribution in [0.25, 0.3) is 0 Å². The molecule has 0 unspecified atom stereocenters. The van der Waals surface area contributed by atoms with Crippen LogP contribution in [0.4, 0.5) is 0 Å². The summed E-state index contributed by atoms with van der Waals surface area (Å²) in [6.07, 6.45) is 4.79. The van der Waals surface area contributed by atoms with Crippen LogP contribution >= 0.6 is 22.5 Å². The molecule has 0 aliphatic heterocycles. The number of hydrogen-bond acceptors (Lipinski definition) is 3. The topological polar surface area (TPSA) is 12.4 Å². The quantitative estimate of drug-likeness (QED) is 0.381. The number of nitrogens with zero attached hydrogens (tertiary/aromatic N) is 1. The lowest BCUT2D eigenvalue weighted by molar-refractivity contribution is 1.31. The molecule has 0 fully saturated rings. The van der Waals surface area contributed by atoms with E-state index in [-0.39, 0.29) is 0 Å². The standard InChI is InChI=1S/C6H11NS2/c1-3-5-7-6(4-2)9-8/h4-5,8H,3H2,1-2H3/b6-4+,7-5-. The number of hydrogen-bond donors (Lipinski definition) is 1. The van der Waals surface area contributed by atoms with Gasteiger partial charge >= 0.3 is 0 Å². The van der Waals surface area contributed by atoms with Crippen molar-refractivity contribution in [3.05, 3.63) is 11.1 Å². The van der Waals surface area contributed by atoms with Crippen LogP contribution in [0.5, 0.6) is 0 Å². The Kier molecular flexibility index (Phi) is 6.31. The second-order valence-electron chi connectivity index (χ2n) is 1.44. The summed E-state index contributed by atoms with van der Waals surface area (Å²) in [5.41, 5.74) is 0. The Morgan fingerprint density at radius 2 is 2.44 bits per heavy atom. The van der Waals surface area contributed by atoms with Crippen molar-refractivity contribution in [2.24, 2.45) is 4.99 Å². The van der Waals surface area contributed by atoms with Gasteiger partial charge in [0, 0.05) is 6.21 Å². The minimum Gasteiger partial charge on any atom is -0.254 e. The zero-order chi connectivity index (χ0) is 7.11. The van der Waals surface area contributed by atoms with Gasteiger partial charge in [-0.25, -0.2) is 0 Å². The minimum atomic E-state index is 0.959. The normalized spacial score (nSPS) is 13.0. The van der Waals surface area contributed by atoms with Crippen LogP contribution in [0.2, 0.25) is 0 Å². The van der Waals surface area contributed by atoms with Crippen LogP contribution in [-0.2, 0) is 0 Å². The molecular formula is C6H11NS2. The van der Waals surface area contributed by atoms with E-state index in [2.05, 4.69) is 23.6 Å². The lowest BCUT2D eigenvalue weighted by Gasteiger charge is -1.89. The van der Waals surface area contributed by atoms with E-state index in [1.807, 2.05) is 19.2 Å². The van der Waals surface area contributed by atoms with Gasteiger partial charge < -0.3 is 0 Å². The molecule has 0 saturated heterocycles. The van der Waals surface area contributed by atoms with Crippen molar-refractivity contribution in [2.75, 3.05) is 0 Å². The van der Waals surface area contributed by atoms with Gasteiger partial charge in [0.15, 0.2) is 0 Å². The molecule has 0 spiro atoms. The summed E-state index contributed by atoms with van der Waals surface area (Å²) < 4.78 is 0. The zero-order valence-electron chi connectivity index (χ0n) is 5.66. The predicted octanol–water partition coefficient (Wildman–Crippen LogP) is 2.91. The maximum absolute atomic E-state index is 4.10.